The summed E-state index contributed by atoms with van der Waals surface area (Å²) in [4.78, 5) is 0. The smallest absolute Gasteiger partial charge is 0.220 e. The van der Waals surface area contributed by atoms with E-state index < -0.39 is 0 Å². The number of rotatable bonds is 7. The van der Waals surface area contributed by atoms with Crippen LogP contribution in [-0.2, 0) is 20.8 Å². The molecule has 0 saturated heterocycles. The van der Waals surface area contributed by atoms with Gasteiger partial charge in [-0.1, -0.05) is 30.3 Å². The predicted octanol–water partition coefficient (Wildman–Crippen LogP) is 2.38. The van der Waals surface area contributed by atoms with Gasteiger partial charge in [-0.25, -0.2) is 0 Å². The molecule has 0 fully saturated rings. The number of methoxy groups -OCH3 is 1. The fourth-order valence-electron chi connectivity index (χ4n) is 1.07. The van der Waals surface area contributed by atoms with E-state index in [1.54, 1.807) is 14.0 Å². The zero-order valence-corrected chi connectivity index (χ0v) is 9.23. The number of benzene rings is 1. The lowest BCUT2D eigenvalue weighted by atomic mass is 10.2. The summed E-state index contributed by atoms with van der Waals surface area (Å²) in [6, 6.07) is 9.99. The van der Waals surface area contributed by atoms with Crippen LogP contribution in [0, 0.1) is 6.29 Å². The van der Waals surface area contributed by atoms with Gasteiger partial charge in [0.2, 0.25) is 6.29 Å². The highest BCUT2D eigenvalue weighted by atomic mass is 16.7. The summed E-state index contributed by atoms with van der Waals surface area (Å²) in [7, 11) is 1.64. The minimum atomic E-state index is 0.525. The fraction of sp³-hybridized carbons (Fsp3) is 0.417. The van der Waals surface area contributed by atoms with E-state index in [0.717, 1.165) is 5.56 Å². The molecule has 15 heavy (non-hydrogen) atoms. The van der Waals surface area contributed by atoms with Gasteiger partial charge in [0.05, 0.1) is 19.8 Å². The Labute approximate surface area is 91.0 Å². The summed E-state index contributed by atoms with van der Waals surface area (Å²) < 4.78 is 15.5. The summed E-state index contributed by atoms with van der Waals surface area (Å²) in [5, 5.41) is 0. The highest BCUT2D eigenvalue weighted by molar-refractivity contribution is 5.13. The van der Waals surface area contributed by atoms with E-state index in [1.165, 1.54) is 0 Å². The topological polar surface area (TPSA) is 27.7 Å². The molecule has 0 spiro atoms. The van der Waals surface area contributed by atoms with E-state index in [4.69, 9.17) is 14.2 Å². The van der Waals surface area contributed by atoms with E-state index in [0.29, 0.717) is 26.1 Å². The molecule has 1 aromatic rings. The molecule has 0 amide bonds. The molecular weight excluding hydrogens is 192 g/mol. The number of hydrogen-bond donors (Lipinski definition) is 0. The van der Waals surface area contributed by atoms with Crippen LogP contribution in [0.4, 0.5) is 0 Å². The minimum Gasteiger partial charge on any atom is -0.382 e. The standard InChI is InChI=1S/C12H17O3/c1-11(14-9-8-13-2)15-10-12-6-4-3-5-7-12/h3-7H,8-10H2,1-2H3. The second-order valence-corrected chi connectivity index (χ2v) is 3.11. The Morgan fingerprint density at radius 3 is 2.47 bits per heavy atom. The van der Waals surface area contributed by atoms with Crippen LogP contribution >= 0.6 is 0 Å². The Bertz CT molecular complexity index is 248. The highest BCUT2D eigenvalue weighted by Crippen LogP contribution is 2.08. The van der Waals surface area contributed by atoms with Crippen LogP contribution in [0.2, 0.25) is 0 Å². The van der Waals surface area contributed by atoms with Crippen LogP contribution in [0.1, 0.15) is 12.5 Å². The molecule has 0 bridgehead atoms. The highest BCUT2D eigenvalue weighted by Gasteiger charge is 2.03. The SMILES string of the molecule is COCCO[C](C)OCc1ccccc1. The Morgan fingerprint density at radius 2 is 1.80 bits per heavy atom. The molecule has 3 heteroatoms. The van der Waals surface area contributed by atoms with Crippen molar-refractivity contribution in [2.24, 2.45) is 0 Å². The first-order valence-electron chi connectivity index (χ1n) is 4.95. The molecule has 1 rings (SSSR count). The Morgan fingerprint density at radius 1 is 1.07 bits per heavy atom. The maximum Gasteiger partial charge on any atom is 0.220 e. The lowest BCUT2D eigenvalue weighted by Gasteiger charge is -2.11. The lowest BCUT2D eigenvalue weighted by Crippen LogP contribution is -2.08. The summed E-state index contributed by atoms with van der Waals surface area (Å²) in [5.74, 6) is 0. The van der Waals surface area contributed by atoms with Crippen molar-refractivity contribution in [1.29, 1.82) is 0 Å². The van der Waals surface area contributed by atoms with Crippen LogP contribution in [-0.4, -0.2) is 20.3 Å². The number of hydrogen-bond acceptors (Lipinski definition) is 3. The third-order valence-electron chi connectivity index (χ3n) is 1.88. The molecule has 3 nitrogen and oxygen atoms in total. The van der Waals surface area contributed by atoms with Crippen LogP contribution < -0.4 is 0 Å². The van der Waals surface area contributed by atoms with Crippen LogP contribution in [0.3, 0.4) is 0 Å². The first-order valence-corrected chi connectivity index (χ1v) is 4.95. The third-order valence-corrected chi connectivity index (χ3v) is 1.88. The van der Waals surface area contributed by atoms with Gasteiger partial charge >= 0.3 is 0 Å². The quantitative estimate of drug-likeness (QED) is 0.645. The minimum absolute atomic E-state index is 0.525. The van der Waals surface area contributed by atoms with Gasteiger partial charge in [-0.3, -0.25) is 0 Å². The zero-order chi connectivity index (χ0) is 10.9. The van der Waals surface area contributed by atoms with Gasteiger partial charge in [0.1, 0.15) is 0 Å². The molecule has 0 aromatic heterocycles. The molecule has 0 aliphatic carbocycles. The molecule has 1 aromatic carbocycles. The fourth-order valence-corrected chi connectivity index (χ4v) is 1.07. The van der Waals surface area contributed by atoms with E-state index in [9.17, 15) is 0 Å². The van der Waals surface area contributed by atoms with Crippen molar-refractivity contribution in [2.75, 3.05) is 20.3 Å². The molecular formula is C12H17O3. The summed E-state index contributed by atoms with van der Waals surface area (Å²) >= 11 is 0. The molecule has 83 valence electrons. The van der Waals surface area contributed by atoms with E-state index in [1.807, 2.05) is 30.3 Å². The lowest BCUT2D eigenvalue weighted by molar-refractivity contribution is -0.0570. The van der Waals surface area contributed by atoms with Crippen LogP contribution in [0.5, 0.6) is 0 Å². The Balaban J connectivity index is 2.14. The molecule has 0 atom stereocenters. The normalized spacial score (nSPS) is 10.9. The van der Waals surface area contributed by atoms with E-state index >= 15 is 0 Å². The molecule has 0 N–H and O–H groups in total. The summed E-state index contributed by atoms with van der Waals surface area (Å²) in [5.41, 5.74) is 1.13. The summed E-state index contributed by atoms with van der Waals surface area (Å²) in [6.07, 6.45) is 0.580. The average molecular weight is 209 g/mol. The van der Waals surface area contributed by atoms with Crippen molar-refractivity contribution in [3.63, 3.8) is 0 Å². The zero-order valence-electron chi connectivity index (χ0n) is 9.23. The van der Waals surface area contributed by atoms with Gasteiger partial charge in [-0.15, -0.1) is 0 Å². The van der Waals surface area contributed by atoms with Crippen molar-refractivity contribution < 1.29 is 14.2 Å². The Kier molecular flexibility index (Phi) is 6.00. The second-order valence-electron chi connectivity index (χ2n) is 3.11. The monoisotopic (exact) mass is 209 g/mol. The third kappa shape index (κ3) is 5.52. The molecule has 0 heterocycles. The number of ether oxygens (including phenoxy) is 3. The molecule has 0 aliphatic heterocycles. The molecule has 1 radical (unpaired) electrons. The van der Waals surface area contributed by atoms with E-state index in [-0.39, 0.29) is 0 Å². The van der Waals surface area contributed by atoms with Crippen LogP contribution in [0.15, 0.2) is 30.3 Å². The van der Waals surface area contributed by atoms with Gasteiger partial charge in [-0.05, 0) is 12.5 Å². The van der Waals surface area contributed by atoms with Gasteiger partial charge in [-0.2, -0.15) is 0 Å². The molecule has 0 aliphatic rings. The predicted molar refractivity (Wildman–Crippen MR) is 58.0 cm³/mol. The Hall–Kier alpha value is -0.900. The van der Waals surface area contributed by atoms with Gasteiger partial charge in [0.15, 0.2) is 0 Å². The first-order chi connectivity index (χ1) is 7.33. The average Bonchev–Trinajstić information content (AvgIpc) is 2.28. The maximum absolute atomic E-state index is 5.41. The molecule has 0 saturated carbocycles. The van der Waals surface area contributed by atoms with Crippen molar-refractivity contribution in [1.82, 2.24) is 0 Å². The van der Waals surface area contributed by atoms with Gasteiger partial charge < -0.3 is 14.2 Å². The van der Waals surface area contributed by atoms with Crippen molar-refractivity contribution in [3.8, 4) is 0 Å². The van der Waals surface area contributed by atoms with Gasteiger partial charge in [0, 0.05) is 7.11 Å². The molecule has 0 unspecified atom stereocenters. The maximum atomic E-state index is 5.41. The van der Waals surface area contributed by atoms with Crippen molar-refractivity contribution in [2.45, 2.75) is 13.5 Å². The van der Waals surface area contributed by atoms with E-state index in [2.05, 4.69) is 0 Å². The summed E-state index contributed by atoms with van der Waals surface area (Å²) in [6.45, 7) is 3.45. The first kappa shape index (κ1) is 12.2. The van der Waals surface area contributed by atoms with Crippen molar-refractivity contribution in [3.05, 3.63) is 42.2 Å². The van der Waals surface area contributed by atoms with Gasteiger partial charge in [0.25, 0.3) is 0 Å². The van der Waals surface area contributed by atoms with Crippen LogP contribution in [0.25, 0.3) is 0 Å². The largest absolute Gasteiger partial charge is 0.382 e. The second kappa shape index (κ2) is 7.40. The van der Waals surface area contributed by atoms with Crippen molar-refractivity contribution >= 4 is 0 Å².